The highest BCUT2D eigenvalue weighted by atomic mass is 16.6. The van der Waals surface area contributed by atoms with Crippen LogP contribution in [-0.4, -0.2) is 65.5 Å². The molecule has 0 unspecified atom stereocenters. The lowest BCUT2D eigenvalue weighted by Crippen LogP contribution is -2.49. The molecule has 1 aliphatic heterocycles. The first-order valence-electron chi connectivity index (χ1n) is 11.4. The number of β-amino-alcohol motifs (C(OH)–C–C–N with tert-alkyl or cyclic N) is 1. The van der Waals surface area contributed by atoms with Crippen molar-refractivity contribution in [1.82, 2.24) is 15.5 Å². The van der Waals surface area contributed by atoms with Gasteiger partial charge in [-0.25, -0.2) is 9.59 Å². The minimum atomic E-state index is -0.773. The van der Waals surface area contributed by atoms with Crippen molar-refractivity contribution >= 4 is 18.1 Å². The zero-order valence-corrected chi connectivity index (χ0v) is 20.2. The predicted molar refractivity (Wildman–Crippen MR) is 123 cm³/mol. The lowest BCUT2D eigenvalue weighted by molar-refractivity contribution is -0.123. The van der Waals surface area contributed by atoms with Crippen molar-refractivity contribution < 1.29 is 29.0 Å². The van der Waals surface area contributed by atoms with Crippen LogP contribution < -0.4 is 10.6 Å². The second-order valence-electron chi connectivity index (χ2n) is 9.85. The summed E-state index contributed by atoms with van der Waals surface area (Å²) in [5, 5.41) is 15.8. The molecule has 2 rings (SSSR count). The van der Waals surface area contributed by atoms with Gasteiger partial charge in [-0.3, -0.25) is 4.79 Å². The van der Waals surface area contributed by atoms with Gasteiger partial charge in [0.05, 0.1) is 12.6 Å². The van der Waals surface area contributed by atoms with Crippen LogP contribution in [0.4, 0.5) is 9.59 Å². The molecule has 0 radical (unpaired) electrons. The first-order valence-corrected chi connectivity index (χ1v) is 11.4. The number of hydrogen-bond donors (Lipinski definition) is 3. The van der Waals surface area contributed by atoms with Gasteiger partial charge in [0.15, 0.2) is 0 Å². The number of carbonyl (C=O) groups is 3. The molecule has 1 aromatic rings. The SMILES string of the molecule is CC(C)C[C@H](NC(=O)OCc1ccccc1)C(=O)NC[C@H]1CN(C(=O)OC(C)(C)C)C[C@H]1O. The third kappa shape index (κ3) is 9.29. The number of benzene rings is 1. The number of likely N-dealkylation sites (tertiary alicyclic amines) is 1. The maximum atomic E-state index is 12.8. The van der Waals surface area contributed by atoms with E-state index in [9.17, 15) is 19.5 Å². The van der Waals surface area contributed by atoms with Crippen LogP contribution in [0.15, 0.2) is 30.3 Å². The Morgan fingerprint density at radius 1 is 1.15 bits per heavy atom. The molecule has 9 heteroatoms. The minimum Gasteiger partial charge on any atom is -0.445 e. The van der Waals surface area contributed by atoms with Gasteiger partial charge in [0, 0.05) is 19.0 Å². The quantitative estimate of drug-likeness (QED) is 0.546. The molecule has 0 saturated carbocycles. The highest BCUT2D eigenvalue weighted by Crippen LogP contribution is 2.20. The molecular weight excluding hydrogens is 426 g/mol. The lowest BCUT2D eigenvalue weighted by atomic mass is 10.0. The Hall–Kier alpha value is -2.81. The maximum absolute atomic E-state index is 12.8. The van der Waals surface area contributed by atoms with E-state index in [4.69, 9.17) is 9.47 Å². The van der Waals surface area contributed by atoms with Gasteiger partial charge < -0.3 is 30.1 Å². The van der Waals surface area contributed by atoms with E-state index in [0.29, 0.717) is 6.42 Å². The van der Waals surface area contributed by atoms with Crippen molar-refractivity contribution in [3.8, 4) is 0 Å². The van der Waals surface area contributed by atoms with Crippen molar-refractivity contribution in [2.75, 3.05) is 19.6 Å². The number of ether oxygens (including phenoxy) is 2. The van der Waals surface area contributed by atoms with Gasteiger partial charge in [0.2, 0.25) is 5.91 Å². The number of rotatable bonds is 8. The molecule has 1 aromatic carbocycles. The molecule has 0 spiro atoms. The molecule has 1 heterocycles. The van der Waals surface area contributed by atoms with Crippen LogP contribution in [0.25, 0.3) is 0 Å². The summed E-state index contributed by atoms with van der Waals surface area (Å²) in [6, 6.07) is 8.51. The zero-order valence-electron chi connectivity index (χ0n) is 20.2. The molecule has 0 aliphatic carbocycles. The van der Waals surface area contributed by atoms with E-state index in [1.807, 2.05) is 44.2 Å². The van der Waals surface area contributed by atoms with Crippen molar-refractivity contribution in [3.05, 3.63) is 35.9 Å². The van der Waals surface area contributed by atoms with Crippen molar-refractivity contribution in [3.63, 3.8) is 0 Å². The average Bonchev–Trinajstić information content (AvgIpc) is 3.10. The summed E-state index contributed by atoms with van der Waals surface area (Å²) in [4.78, 5) is 38.7. The Balaban J connectivity index is 1.86. The standard InChI is InChI=1S/C24H37N3O6/c1-16(2)11-19(26-22(30)32-15-17-9-7-6-8-10-17)21(29)25-12-18-13-27(14-20(18)28)23(31)33-24(3,4)5/h6-10,16,18-20,28H,11-15H2,1-5H3,(H,25,29)(H,26,30)/t18-,19-,20+/m0/s1. The van der Waals surface area contributed by atoms with Gasteiger partial charge in [-0.05, 0) is 38.7 Å². The topological polar surface area (TPSA) is 117 Å². The highest BCUT2D eigenvalue weighted by Gasteiger charge is 2.36. The summed E-state index contributed by atoms with van der Waals surface area (Å²) < 4.78 is 10.6. The van der Waals surface area contributed by atoms with Crippen LogP contribution in [0.5, 0.6) is 0 Å². The van der Waals surface area contributed by atoms with Crippen molar-refractivity contribution in [2.24, 2.45) is 11.8 Å². The smallest absolute Gasteiger partial charge is 0.410 e. The molecule has 9 nitrogen and oxygen atoms in total. The van der Waals surface area contributed by atoms with E-state index in [-0.39, 0.29) is 44.0 Å². The Morgan fingerprint density at radius 2 is 1.82 bits per heavy atom. The van der Waals surface area contributed by atoms with Gasteiger partial charge in [0.25, 0.3) is 0 Å². The van der Waals surface area contributed by atoms with Gasteiger partial charge in [0.1, 0.15) is 18.2 Å². The molecule has 1 aliphatic rings. The zero-order chi connectivity index (χ0) is 24.6. The minimum absolute atomic E-state index is 0.109. The third-order valence-electron chi connectivity index (χ3n) is 5.13. The summed E-state index contributed by atoms with van der Waals surface area (Å²) in [5.41, 5.74) is 0.224. The molecule has 0 aromatic heterocycles. The Morgan fingerprint density at radius 3 is 2.42 bits per heavy atom. The van der Waals surface area contributed by atoms with Gasteiger partial charge >= 0.3 is 12.2 Å². The van der Waals surface area contributed by atoms with Gasteiger partial charge in [-0.15, -0.1) is 0 Å². The molecule has 3 atom stereocenters. The number of amides is 3. The molecule has 1 saturated heterocycles. The van der Waals surface area contributed by atoms with Gasteiger partial charge in [-0.2, -0.15) is 0 Å². The first-order chi connectivity index (χ1) is 15.4. The summed E-state index contributed by atoms with van der Waals surface area (Å²) in [5.74, 6) is -0.524. The van der Waals surface area contributed by atoms with Crippen LogP contribution >= 0.6 is 0 Å². The molecular formula is C24H37N3O6. The molecule has 184 valence electrons. The number of nitrogens with one attached hydrogen (secondary N) is 2. The predicted octanol–water partition coefficient (Wildman–Crippen LogP) is 2.67. The van der Waals surface area contributed by atoms with Crippen LogP contribution in [0.1, 0.15) is 46.6 Å². The van der Waals surface area contributed by atoms with Crippen LogP contribution in [0, 0.1) is 11.8 Å². The Bertz CT molecular complexity index is 793. The van der Waals surface area contributed by atoms with Crippen LogP contribution in [0.3, 0.4) is 0 Å². The fourth-order valence-corrected chi connectivity index (χ4v) is 3.50. The van der Waals surface area contributed by atoms with Crippen LogP contribution in [0.2, 0.25) is 0 Å². The number of alkyl carbamates (subject to hydrolysis) is 1. The van der Waals surface area contributed by atoms with E-state index in [1.54, 1.807) is 20.8 Å². The highest BCUT2D eigenvalue weighted by molar-refractivity contribution is 5.85. The van der Waals surface area contributed by atoms with Crippen LogP contribution in [-0.2, 0) is 20.9 Å². The monoisotopic (exact) mass is 463 g/mol. The molecule has 33 heavy (non-hydrogen) atoms. The first kappa shape index (κ1) is 26.4. The number of nitrogens with zero attached hydrogens (tertiary/aromatic N) is 1. The second-order valence-corrected chi connectivity index (χ2v) is 9.85. The largest absolute Gasteiger partial charge is 0.445 e. The number of aliphatic hydroxyl groups excluding tert-OH is 1. The summed E-state index contributed by atoms with van der Waals surface area (Å²) in [7, 11) is 0. The Kier molecular flexibility index (Phi) is 9.52. The van der Waals surface area contributed by atoms with E-state index >= 15 is 0 Å². The molecule has 0 bridgehead atoms. The fraction of sp³-hybridized carbons (Fsp3) is 0.625. The molecule has 3 amide bonds. The maximum Gasteiger partial charge on any atom is 0.410 e. The van der Waals surface area contributed by atoms with Gasteiger partial charge in [-0.1, -0.05) is 44.2 Å². The average molecular weight is 464 g/mol. The number of aliphatic hydroxyl groups is 1. The van der Waals surface area contributed by atoms with E-state index in [2.05, 4.69) is 10.6 Å². The lowest BCUT2D eigenvalue weighted by Gasteiger charge is -2.24. The normalized spacial score (nSPS) is 19.2. The number of hydrogen-bond acceptors (Lipinski definition) is 6. The van der Waals surface area contributed by atoms with Crippen molar-refractivity contribution in [2.45, 2.75) is 65.4 Å². The Labute approximate surface area is 195 Å². The fourth-order valence-electron chi connectivity index (χ4n) is 3.50. The summed E-state index contributed by atoms with van der Waals surface area (Å²) in [6.45, 7) is 9.96. The van der Waals surface area contributed by atoms with Crippen molar-refractivity contribution in [1.29, 1.82) is 0 Å². The number of carbonyl (C=O) groups excluding carboxylic acids is 3. The summed E-state index contributed by atoms with van der Waals surface area (Å²) >= 11 is 0. The molecule has 3 N–H and O–H groups in total. The van der Waals surface area contributed by atoms with E-state index < -0.39 is 29.9 Å². The van der Waals surface area contributed by atoms with E-state index in [0.717, 1.165) is 5.56 Å². The third-order valence-corrected chi connectivity index (χ3v) is 5.13. The molecule has 1 fully saturated rings. The summed E-state index contributed by atoms with van der Waals surface area (Å²) in [6.07, 6.45) is -1.50. The van der Waals surface area contributed by atoms with E-state index in [1.165, 1.54) is 4.90 Å². The second kappa shape index (κ2) is 11.9.